The molecule has 0 N–H and O–H groups in total. The summed E-state index contributed by atoms with van der Waals surface area (Å²) in [7, 11) is 1.70. The molecule has 3 nitrogen and oxygen atoms in total. The van der Waals surface area contributed by atoms with E-state index in [1.165, 1.54) is 4.90 Å². The number of rotatable bonds is 4. The van der Waals surface area contributed by atoms with E-state index in [9.17, 15) is 9.59 Å². The molecule has 1 aromatic carbocycles. The maximum Gasteiger partial charge on any atom is 0.234 e. The highest BCUT2D eigenvalue weighted by Crippen LogP contribution is 2.20. The van der Waals surface area contributed by atoms with Crippen molar-refractivity contribution in [2.45, 2.75) is 33.6 Å². The fourth-order valence-electron chi connectivity index (χ4n) is 1.74. The van der Waals surface area contributed by atoms with Crippen molar-refractivity contribution in [3.63, 3.8) is 0 Å². The molecule has 3 heteroatoms. The molecule has 0 spiro atoms. The van der Waals surface area contributed by atoms with Crippen molar-refractivity contribution >= 4 is 17.4 Å². The second-order valence-corrected chi connectivity index (χ2v) is 5.74. The van der Waals surface area contributed by atoms with Crippen LogP contribution in [0.1, 0.15) is 33.6 Å². The predicted octanol–water partition coefficient (Wildman–Crippen LogP) is 3.04. The van der Waals surface area contributed by atoms with Crippen LogP contribution in [0.25, 0.3) is 0 Å². The number of para-hydroxylation sites is 1. The lowest BCUT2D eigenvalue weighted by Gasteiger charge is -2.19. The van der Waals surface area contributed by atoms with Crippen LogP contribution in [-0.2, 0) is 9.59 Å². The first-order valence-corrected chi connectivity index (χ1v) is 6.13. The van der Waals surface area contributed by atoms with E-state index in [0.717, 1.165) is 5.69 Å². The topological polar surface area (TPSA) is 37.4 Å². The summed E-state index contributed by atoms with van der Waals surface area (Å²) in [5.41, 5.74) is 0.744. The number of carbonyl (C=O) groups excluding carboxylic acids is 2. The molecule has 0 atom stereocenters. The number of hydrogen-bond acceptors (Lipinski definition) is 2. The highest BCUT2D eigenvalue weighted by Gasteiger charge is 2.20. The van der Waals surface area contributed by atoms with E-state index in [0.29, 0.717) is 6.42 Å². The Morgan fingerprint density at radius 1 is 1.11 bits per heavy atom. The van der Waals surface area contributed by atoms with Gasteiger partial charge < -0.3 is 4.90 Å². The highest BCUT2D eigenvalue weighted by atomic mass is 16.2. The molecule has 0 aliphatic heterocycles. The molecule has 0 saturated heterocycles. The summed E-state index contributed by atoms with van der Waals surface area (Å²) in [6.07, 6.45) is 0.407. The second-order valence-electron chi connectivity index (χ2n) is 5.74. The normalized spacial score (nSPS) is 11.1. The van der Waals surface area contributed by atoms with Crippen molar-refractivity contribution < 1.29 is 9.59 Å². The van der Waals surface area contributed by atoms with Crippen LogP contribution >= 0.6 is 0 Å². The van der Waals surface area contributed by atoms with E-state index < -0.39 is 0 Å². The third kappa shape index (κ3) is 4.70. The van der Waals surface area contributed by atoms with Crippen molar-refractivity contribution in [2.75, 3.05) is 11.9 Å². The van der Waals surface area contributed by atoms with Crippen LogP contribution in [0.2, 0.25) is 0 Å². The molecule has 18 heavy (non-hydrogen) atoms. The standard InChI is InChI=1S/C15H21NO2/c1-15(2,3)11-13(17)10-14(18)16(4)12-8-6-5-7-9-12/h5-9H,10-11H2,1-4H3. The zero-order chi connectivity index (χ0) is 13.8. The minimum absolute atomic E-state index is 0.00437. The van der Waals surface area contributed by atoms with E-state index in [-0.39, 0.29) is 23.5 Å². The Hall–Kier alpha value is -1.64. The maximum absolute atomic E-state index is 11.9. The third-order valence-electron chi connectivity index (χ3n) is 2.59. The van der Waals surface area contributed by atoms with E-state index in [2.05, 4.69) is 0 Å². The first-order chi connectivity index (χ1) is 8.29. The number of Topliss-reactive ketones (excluding diaryl/α,β-unsaturated/α-hetero) is 1. The predicted molar refractivity (Wildman–Crippen MR) is 73.5 cm³/mol. The van der Waals surface area contributed by atoms with Gasteiger partial charge in [0, 0.05) is 19.2 Å². The summed E-state index contributed by atoms with van der Waals surface area (Å²) >= 11 is 0. The summed E-state index contributed by atoms with van der Waals surface area (Å²) < 4.78 is 0. The number of hydrogen-bond donors (Lipinski definition) is 0. The van der Waals surface area contributed by atoms with Crippen molar-refractivity contribution in [3.8, 4) is 0 Å². The van der Waals surface area contributed by atoms with E-state index in [1.54, 1.807) is 7.05 Å². The van der Waals surface area contributed by atoms with Crippen molar-refractivity contribution in [3.05, 3.63) is 30.3 Å². The number of amides is 1. The highest BCUT2D eigenvalue weighted by molar-refractivity contribution is 6.05. The summed E-state index contributed by atoms with van der Waals surface area (Å²) in [4.78, 5) is 25.2. The first-order valence-electron chi connectivity index (χ1n) is 6.13. The molecule has 0 aromatic heterocycles. The van der Waals surface area contributed by atoms with Gasteiger partial charge in [-0.25, -0.2) is 0 Å². The van der Waals surface area contributed by atoms with E-state index >= 15 is 0 Å². The minimum atomic E-state index is -0.157. The van der Waals surface area contributed by atoms with Gasteiger partial charge >= 0.3 is 0 Å². The van der Waals surface area contributed by atoms with Gasteiger partial charge in [-0.15, -0.1) is 0 Å². The monoisotopic (exact) mass is 247 g/mol. The van der Waals surface area contributed by atoms with E-state index in [1.807, 2.05) is 51.1 Å². The van der Waals surface area contributed by atoms with Crippen LogP contribution in [-0.4, -0.2) is 18.7 Å². The van der Waals surface area contributed by atoms with Crippen LogP contribution < -0.4 is 4.90 Å². The van der Waals surface area contributed by atoms with Gasteiger partial charge in [0.15, 0.2) is 0 Å². The van der Waals surface area contributed by atoms with Crippen LogP contribution in [0.15, 0.2) is 30.3 Å². The lowest BCUT2D eigenvalue weighted by molar-refractivity contribution is -0.127. The zero-order valence-electron chi connectivity index (χ0n) is 11.6. The number of ketones is 1. The number of nitrogens with zero attached hydrogens (tertiary/aromatic N) is 1. The molecule has 0 radical (unpaired) electrons. The Kier molecular flexibility index (Phi) is 4.65. The van der Waals surface area contributed by atoms with Crippen molar-refractivity contribution in [1.29, 1.82) is 0 Å². The van der Waals surface area contributed by atoms with Gasteiger partial charge in [-0.3, -0.25) is 9.59 Å². The summed E-state index contributed by atoms with van der Waals surface area (Å²) in [6, 6.07) is 9.34. The molecule has 1 amide bonds. The molecular formula is C15H21NO2. The third-order valence-corrected chi connectivity index (χ3v) is 2.59. The van der Waals surface area contributed by atoms with Crippen molar-refractivity contribution in [2.24, 2.45) is 5.41 Å². The van der Waals surface area contributed by atoms with Gasteiger partial charge in [-0.2, -0.15) is 0 Å². The lowest BCUT2D eigenvalue weighted by Crippen LogP contribution is -2.29. The second kappa shape index (κ2) is 5.80. The molecule has 1 aromatic rings. The Bertz CT molecular complexity index is 418. The zero-order valence-corrected chi connectivity index (χ0v) is 11.6. The Morgan fingerprint density at radius 3 is 2.17 bits per heavy atom. The number of carbonyl (C=O) groups is 2. The molecule has 1 rings (SSSR count). The SMILES string of the molecule is CN(C(=O)CC(=O)CC(C)(C)C)c1ccccc1. The number of anilines is 1. The quantitative estimate of drug-likeness (QED) is 0.767. The van der Waals surface area contributed by atoms with Gasteiger partial charge in [-0.1, -0.05) is 39.0 Å². The summed E-state index contributed by atoms with van der Waals surface area (Å²) in [5.74, 6) is -0.161. The molecule has 0 saturated carbocycles. The molecule has 98 valence electrons. The molecule has 0 aliphatic rings. The Morgan fingerprint density at radius 2 is 1.67 bits per heavy atom. The van der Waals surface area contributed by atoms with Gasteiger partial charge in [0.05, 0.1) is 6.42 Å². The number of benzene rings is 1. The molecule has 0 heterocycles. The van der Waals surface area contributed by atoms with Crippen LogP contribution in [0.5, 0.6) is 0 Å². The van der Waals surface area contributed by atoms with E-state index in [4.69, 9.17) is 0 Å². The van der Waals surface area contributed by atoms with Crippen LogP contribution in [0.3, 0.4) is 0 Å². The smallest absolute Gasteiger partial charge is 0.234 e. The molecule has 0 unspecified atom stereocenters. The van der Waals surface area contributed by atoms with Gasteiger partial charge in [0.2, 0.25) is 5.91 Å². The van der Waals surface area contributed by atoms with Crippen LogP contribution in [0, 0.1) is 5.41 Å². The summed E-state index contributed by atoms with van der Waals surface area (Å²) in [6.45, 7) is 5.99. The van der Waals surface area contributed by atoms with Crippen molar-refractivity contribution in [1.82, 2.24) is 0 Å². The average Bonchev–Trinajstić information content (AvgIpc) is 2.26. The minimum Gasteiger partial charge on any atom is -0.315 e. The lowest BCUT2D eigenvalue weighted by atomic mass is 9.89. The largest absolute Gasteiger partial charge is 0.315 e. The molecular weight excluding hydrogens is 226 g/mol. The van der Waals surface area contributed by atoms with Gasteiger partial charge in [0.25, 0.3) is 0 Å². The Labute approximate surface area is 109 Å². The summed E-state index contributed by atoms with van der Waals surface area (Å²) in [5, 5.41) is 0. The fourth-order valence-corrected chi connectivity index (χ4v) is 1.74. The Balaban J connectivity index is 2.59. The van der Waals surface area contributed by atoms with Gasteiger partial charge in [0.1, 0.15) is 5.78 Å². The average molecular weight is 247 g/mol. The van der Waals surface area contributed by atoms with Crippen LogP contribution in [0.4, 0.5) is 5.69 Å². The molecule has 0 bridgehead atoms. The molecule has 0 fully saturated rings. The van der Waals surface area contributed by atoms with Gasteiger partial charge in [-0.05, 0) is 17.5 Å². The first kappa shape index (κ1) is 14.4. The maximum atomic E-state index is 11.9. The fraction of sp³-hybridized carbons (Fsp3) is 0.467. The molecule has 0 aliphatic carbocycles.